The summed E-state index contributed by atoms with van der Waals surface area (Å²) in [5, 5.41) is 4.94. The number of nitrogens with zero attached hydrogens (tertiary/aromatic N) is 2. The van der Waals surface area contributed by atoms with Crippen LogP contribution in [0.5, 0.6) is 5.75 Å². The number of benzene rings is 2. The fourth-order valence-corrected chi connectivity index (χ4v) is 3.38. The summed E-state index contributed by atoms with van der Waals surface area (Å²) in [6, 6.07) is 10.8. The number of carbonyl (C=O) groups excluding carboxylic acids is 2. The van der Waals surface area contributed by atoms with Gasteiger partial charge in [-0.2, -0.15) is 0 Å². The van der Waals surface area contributed by atoms with Crippen LogP contribution in [0.25, 0.3) is 11.3 Å². The van der Waals surface area contributed by atoms with Crippen LogP contribution in [0.2, 0.25) is 0 Å². The lowest BCUT2D eigenvalue weighted by atomic mass is 10.1. The number of carbonyl (C=O) groups is 2. The summed E-state index contributed by atoms with van der Waals surface area (Å²) in [5.74, 6) is -0.242. The van der Waals surface area contributed by atoms with Crippen molar-refractivity contribution < 1.29 is 18.7 Å². The van der Waals surface area contributed by atoms with E-state index >= 15 is 0 Å². The number of likely N-dealkylation sites (N-methyl/N-ethyl adjacent to an activating group) is 1. The molecule has 1 N–H and O–H groups in total. The van der Waals surface area contributed by atoms with E-state index < -0.39 is 5.82 Å². The minimum Gasteiger partial charge on any atom is -0.482 e. The standard InChI is InChI=1S/C19H14FN3O3S/c1-23-15-8-12(4-7-16(15)26-9-17(23)24)14-10-27-19(21-14)22-18(25)11-2-5-13(20)6-3-11/h2-8,10H,9H2,1H3,(H,21,22,25). The van der Waals surface area contributed by atoms with Gasteiger partial charge in [-0.1, -0.05) is 0 Å². The Morgan fingerprint density at radius 1 is 1.26 bits per heavy atom. The number of nitrogens with one attached hydrogen (secondary N) is 1. The van der Waals surface area contributed by atoms with E-state index in [1.54, 1.807) is 18.0 Å². The van der Waals surface area contributed by atoms with Crippen molar-refractivity contribution in [3.05, 3.63) is 59.2 Å². The zero-order valence-corrected chi connectivity index (χ0v) is 15.0. The third kappa shape index (κ3) is 3.39. The third-order valence-electron chi connectivity index (χ3n) is 4.17. The van der Waals surface area contributed by atoms with E-state index in [1.165, 1.54) is 35.6 Å². The zero-order valence-electron chi connectivity index (χ0n) is 14.2. The zero-order chi connectivity index (χ0) is 19.0. The molecule has 2 amide bonds. The first-order valence-electron chi connectivity index (χ1n) is 8.07. The van der Waals surface area contributed by atoms with E-state index in [9.17, 15) is 14.0 Å². The van der Waals surface area contributed by atoms with E-state index in [-0.39, 0.29) is 18.4 Å². The van der Waals surface area contributed by atoms with Gasteiger partial charge in [0.25, 0.3) is 11.8 Å². The van der Waals surface area contributed by atoms with Gasteiger partial charge in [0.15, 0.2) is 11.7 Å². The Morgan fingerprint density at radius 3 is 2.81 bits per heavy atom. The van der Waals surface area contributed by atoms with Crippen LogP contribution in [0, 0.1) is 5.82 Å². The maximum Gasteiger partial charge on any atom is 0.264 e. The van der Waals surface area contributed by atoms with Gasteiger partial charge in [0.05, 0.1) is 11.4 Å². The molecule has 2 aromatic carbocycles. The predicted octanol–water partition coefficient (Wildman–Crippen LogP) is 3.56. The summed E-state index contributed by atoms with van der Waals surface area (Å²) in [7, 11) is 1.70. The van der Waals surface area contributed by atoms with Gasteiger partial charge in [0.1, 0.15) is 11.6 Å². The minimum atomic E-state index is -0.400. The first kappa shape index (κ1) is 17.2. The molecule has 0 spiro atoms. The highest BCUT2D eigenvalue weighted by Gasteiger charge is 2.23. The molecule has 27 heavy (non-hydrogen) atoms. The van der Waals surface area contributed by atoms with Crippen molar-refractivity contribution in [2.24, 2.45) is 0 Å². The molecule has 6 nitrogen and oxygen atoms in total. The highest BCUT2D eigenvalue weighted by atomic mass is 32.1. The number of ether oxygens (including phenoxy) is 1. The number of rotatable bonds is 3. The molecule has 1 aromatic heterocycles. The lowest BCUT2D eigenvalue weighted by Crippen LogP contribution is -2.35. The molecule has 0 bridgehead atoms. The van der Waals surface area contributed by atoms with E-state index in [0.717, 1.165) is 5.56 Å². The average Bonchev–Trinajstić information content (AvgIpc) is 3.13. The van der Waals surface area contributed by atoms with Crippen molar-refractivity contribution in [2.45, 2.75) is 0 Å². The summed E-state index contributed by atoms with van der Waals surface area (Å²) in [6.45, 7) is 0.0269. The lowest BCUT2D eigenvalue weighted by Gasteiger charge is -2.26. The summed E-state index contributed by atoms with van der Waals surface area (Å²) in [6.07, 6.45) is 0. The Kier molecular flexibility index (Phi) is 4.33. The molecule has 1 aliphatic rings. The van der Waals surface area contributed by atoms with E-state index in [2.05, 4.69) is 10.3 Å². The van der Waals surface area contributed by atoms with Gasteiger partial charge in [0, 0.05) is 23.6 Å². The maximum absolute atomic E-state index is 13.0. The fourth-order valence-electron chi connectivity index (χ4n) is 2.67. The molecule has 4 rings (SSSR count). The molecule has 0 aliphatic carbocycles. The second-order valence-electron chi connectivity index (χ2n) is 5.92. The molecule has 0 atom stereocenters. The number of hydrogen-bond acceptors (Lipinski definition) is 5. The number of hydrogen-bond donors (Lipinski definition) is 1. The summed E-state index contributed by atoms with van der Waals surface area (Å²) in [4.78, 5) is 30.0. The van der Waals surface area contributed by atoms with Gasteiger partial charge in [0.2, 0.25) is 0 Å². The van der Waals surface area contributed by atoms with Gasteiger partial charge in [-0.25, -0.2) is 9.37 Å². The molecular formula is C19H14FN3O3S. The van der Waals surface area contributed by atoms with Crippen LogP contribution in [-0.4, -0.2) is 30.5 Å². The van der Waals surface area contributed by atoms with Crippen LogP contribution in [0.4, 0.5) is 15.2 Å². The normalized spacial score (nSPS) is 13.1. The Hall–Kier alpha value is -3.26. The van der Waals surface area contributed by atoms with Crippen LogP contribution in [0.15, 0.2) is 47.8 Å². The molecule has 0 unspecified atom stereocenters. The van der Waals surface area contributed by atoms with Crippen molar-refractivity contribution in [1.29, 1.82) is 0 Å². The van der Waals surface area contributed by atoms with Gasteiger partial charge in [-0.3, -0.25) is 14.9 Å². The smallest absolute Gasteiger partial charge is 0.264 e. The molecule has 0 saturated carbocycles. The van der Waals surface area contributed by atoms with Gasteiger partial charge in [-0.15, -0.1) is 11.3 Å². The molecule has 0 radical (unpaired) electrons. The molecule has 136 valence electrons. The van der Waals surface area contributed by atoms with Crippen LogP contribution >= 0.6 is 11.3 Å². The van der Waals surface area contributed by atoms with Gasteiger partial charge in [-0.05, 0) is 42.5 Å². The highest BCUT2D eigenvalue weighted by Crippen LogP contribution is 2.36. The molecule has 0 fully saturated rings. The van der Waals surface area contributed by atoms with Crippen LogP contribution in [0.1, 0.15) is 10.4 Å². The first-order valence-corrected chi connectivity index (χ1v) is 8.95. The van der Waals surface area contributed by atoms with Crippen LogP contribution in [0.3, 0.4) is 0 Å². The highest BCUT2D eigenvalue weighted by molar-refractivity contribution is 7.14. The minimum absolute atomic E-state index is 0.0269. The second kappa shape index (κ2) is 6.81. The third-order valence-corrected chi connectivity index (χ3v) is 4.93. The second-order valence-corrected chi connectivity index (χ2v) is 6.78. The predicted molar refractivity (Wildman–Crippen MR) is 101 cm³/mol. The molecular weight excluding hydrogens is 369 g/mol. The summed E-state index contributed by atoms with van der Waals surface area (Å²) < 4.78 is 18.4. The number of fused-ring (bicyclic) bond motifs is 1. The van der Waals surface area contributed by atoms with E-state index in [0.29, 0.717) is 27.8 Å². The molecule has 3 aromatic rings. The number of thiazole rings is 1. The van der Waals surface area contributed by atoms with Crippen LogP contribution in [-0.2, 0) is 4.79 Å². The molecule has 8 heteroatoms. The summed E-state index contributed by atoms with van der Waals surface area (Å²) in [5.41, 5.74) is 2.49. The number of amides is 2. The Balaban J connectivity index is 1.55. The maximum atomic E-state index is 13.0. The Morgan fingerprint density at radius 2 is 2.04 bits per heavy atom. The largest absolute Gasteiger partial charge is 0.482 e. The number of anilines is 2. The number of halogens is 1. The molecule has 2 heterocycles. The monoisotopic (exact) mass is 383 g/mol. The van der Waals surface area contributed by atoms with E-state index in [4.69, 9.17) is 4.74 Å². The fraction of sp³-hybridized carbons (Fsp3) is 0.105. The Labute approximate surface area is 158 Å². The summed E-state index contributed by atoms with van der Waals surface area (Å²) >= 11 is 1.28. The van der Waals surface area contributed by atoms with Crippen molar-refractivity contribution in [1.82, 2.24) is 4.98 Å². The van der Waals surface area contributed by atoms with Crippen molar-refractivity contribution in [2.75, 3.05) is 23.9 Å². The van der Waals surface area contributed by atoms with Gasteiger partial charge >= 0.3 is 0 Å². The molecule has 0 saturated heterocycles. The van der Waals surface area contributed by atoms with E-state index in [1.807, 2.05) is 17.5 Å². The van der Waals surface area contributed by atoms with Crippen molar-refractivity contribution in [3.63, 3.8) is 0 Å². The molecule has 1 aliphatic heterocycles. The first-order chi connectivity index (χ1) is 13.0. The van der Waals surface area contributed by atoms with Crippen molar-refractivity contribution >= 4 is 34.0 Å². The Bertz CT molecular complexity index is 1030. The van der Waals surface area contributed by atoms with Crippen LogP contribution < -0.4 is 15.0 Å². The average molecular weight is 383 g/mol. The number of aromatic nitrogens is 1. The topological polar surface area (TPSA) is 71.5 Å². The van der Waals surface area contributed by atoms with Gasteiger partial charge < -0.3 is 9.64 Å². The lowest BCUT2D eigenvalue weighted by molar-refractivity contribution is -0.120. The SMILES string of the molecule is CN1C(=O)COc2ccc(-c3csc(NC(=O)c4ccc(F)cc4)n3)cc21. The quantitative estimate of drug-likeness (QED) is 0.751. The van der Waals surface area contributed by atoms with Crippen molar-refractivity contribution in [3.8, 4) is 17.0 Å².